The summed E-state index contributed by atoms with van der Waals surface area (Å²) in [5, 5.41) is 16.2. The molecular formula is C12H16N4O2S. The van der Waals surface area contributed by atoms with E-state index in [1.807, 2.05) is 18.4 Å². The van der Waals surface area contributed by atoms with Crippen molar-refractivity contribution in [2.75, 3.05) is 5.32 Å². The normalized spacial score (nSPS) is 12.4. The van der Waals surface area contributed by atoms with Gasteiger partial charge in [0.1, 0.15) is 0 Å². The molecule has 0 aliphatic heterocycles. The van der Waals surface area contributed by atoms with Crippen molar-refractivity contribution < 1.29 is 4.92 Å². The number of thiophene rings is 1. The summed E-state index contributed by atoms with van der Waals surface area (Å²) >= 11 is 1.69. The molecule has 2 aromatic heterocycles. The van der Waals surface area contributed by atoms with Crippen LogP contribution in [0.25, 0.3) is 0 Å². The molecule has 0 fully saturated rings. The highest BCUT2D eigenvalue weighted by atomic mass is 32.1. The third-order valence-electron chi connectivity index (χ3n) is 2.94. The van der Waals surface area contributed by atoms with E-state index in [-0.39, 0.29) is 11.9 Å². The van der Waals surface area contributed by atoms with Crippen LogP contribution in [0.15, 0.2) is 17.5 Å². The molecule has 0 spiro atoms. The Bertz CT molecular complexity index is 577. The fraction of sp³-hybridized carbons (Fsp3) is 0.417. The quantitative estimate of drug-likeness (QED) is 0.675. The summed E-state index contributed by atoms with van der Waals surface area (Å²) in [7, 11) is 1.77. The van der Waals surface area contributed by atoms with Crippen LogP contribution in [0.2, 0.25) is 0 Å². The Morgan fingerprint density at radius 3 is 2.95 bits per heavy atom. The van der Waals surface area contributed by atoms with Gasteiger partial charge < -0.3 is 15.4 Å². The number of nitro groups is 1. The van der Waals surface area contributed by atoms with Crippen molar-refractivity contribution in [3.8, 4) is 0 Å². The summed E-state index contributed by atoms with van der Waals surface area (Å²) in [5.74, 6) is 0.974. The van der Waals surface area contributed by atoms with E-state index in [0.717, 1.165) is 6.42 Å². The van der Waals surface area contributed by atoms with Crippen LogP contribution in [0.1, 0.15) is 17.6 Å². The number of nitrogens with zero attached hydrogens (tertiary/aromatic N) is 3. The second kappa shape index (κ2) is 5.40. The minimum absolute atomic E-state index is 0.104. The van der Waals surface area contributed by atoms with Crippen LogP contribution in [0.3, 0.4) is 0 Å². The van der Waals surface area contributed by atoms with Gasteiger partial charge in [0.25, 0.3) is 0 Å². The smallest absolute Gasteiger partial charge is 0.361 e. The lowest BCUT2D eigenvalue weighted by Gasteiger charge is -2.14. The minimum atomic E-state index is -0.451. The predicted molar refractivity (Wildman–Crippen MR) is 75.7 cm³/mol. The maximum atomic E-state index is 11.0. The predicted octanol–water partition coefficient (Wildman–Crippen LogP) is 2.74. The third-order valence-corrected chi connectivity index (χ3v) is 3.84. The summed E-state index contributed by atoms with van der Waals surface area (Å²) in [5.41, 5.74) is 0. The van der Waals surface area contributed by atoms with E-state index < -0.39 is 4.92 Å². The van der Waals surface area contributed by atoms with Crippen LogP contribution >= 0.6 is 11.3 Å². The average Bonchev–Trinajstić information content (AvgIpc) is 2.92. The Labute approximate surface area is 115 Å². The van der Waals surface area contributed by atoms with Gasteiger partial charge in [0.15, 0.2) is 0 Å². The maximum Gasteiger partial charge on any atom is 0.406 e. The van der Waals surface area contributed by atoms with Crippen LogP contribution in [-0.2, 0) is 13.5 Å². The van der Waals surface area contributed by atoms with E-state index in [1.165, 1.54) is 4.88 Å². The van der Waals surface area contributed by atoms with Crippen molar-refractivity contribution in [3.63, 3.8) is 0 Å². The van der Waals surface area contributed by atoms with E-state index in [2.05, 4.69) is 16.4 Å². The van der Waals surface area contributed by atoms with Gasteiger partial charge in [-0.05, 0) is 28.3 Å². The van der Waals surface area contributed by atoms with Gasteiger partial charge in [-0.3, -0.25) is 4.57 Å². The van der Waals surface area contributed by atoms with Crippen molar-refractivity contribution in [3.05, 3.63) is 38.3 Å². The molecule has 0 saturated heterocycles. The van der Waals surface area contributed by atoms with Crippen molar-refractivity contribution >= 4 is 23.0 Å². The Morgan fingerprint density at radius 1 is 1.63 bits per heavy atom. The number of hydrogen-bond donors (Lipinski definition) is 1. The molecule has 0 aromatic carbocycles. The molecule has 1 N–H and O–H groups in total. The highest BCUT2D eigenvalue weighted by molar-refractivity contribution is 7.09. The number of nitrogens with one attached hydrogen (secondary N) is 1. The zero-order valence-corrected chi connectivity index (χ0v) is 11.9. The van der Waals surface area contributed by atoms with E-state index in [1.54, 1.807) is 29.9 Å². The second-order valence-electron chi connectivity index (χ2n) is 4.48. The first kappa shape index (κ1) is 13.5. The SMILES string of the molecule is Cc1nc([N+](=O)[O-])c(NC(C)Cc2cccs2)n1C. The summed E-state index contributed by atoms with van der Waals surface area (Å²) < 4.78 is 1.71. The molecule has 2 rings (SSSR count). The van der Waals surface area contributed by atoms with E-state index in [4.69, 9.17) is 0 Å². The second-order valence-corrected chi connectivity index (χ2v) is 5.51. The molecular weight excluding hydrogens is 264 g/mol. The zero-order chi connectivity index (χ0) is 14.0. The fourth-order valence-corrected chi connectivity index (χ4v) is 2.73. The Hall–Kier alpha value is -1.89. The molecule has 0 aliphatic carbocycles. The molecule has 2 heterocycles. The molecule has 102 valence electrons. The van der Waals surface area contributed by atoms with E-state index >= 15 is 0 Å². The van der Waals surface area contributed by atoms with E-state index in [0.29, 0.717) is 11.6 Å². The monoisotopic (exact) mass is 280 g/mol. The van der Waals surface area contributed by atoms with Gasteiger partial charge in [-0.1, -0.05) is 6.07 Å². The zero-order valence-electron chi connectivity index (χ0n) is 11.1. The molecule has 7 heteroatoms. The fourth-order valence-electron chi connectivity index (χ4n) is 1.90. The van der Waals surface area contributed by atoms with Crippen molar-refractivity contribution in [2.24, 2.45) is 7.05 Å². The van der Waals surface area contributed by atoms with Gasteiger partial charge in [-0.25, -0.2) is 0 Å². The first-order valence-corrected chi connectivity index (χ1v) is 6.83. The first-order valence-electron chi connectivity index (χ1n) is 5.95. The number of aromatic nitrogens is 2. The molecule has 2 aromatic rings. The lowest BCUT2D eigenvalue weighted by molar-refractivity contribution is -0.388. The Morgan fingerprint density at radius 2 is 2.37 bits per heavy atom. The number of anilines is 1. The van der Waals surface area contributed by atoms with Crippen molar-refractivity contribution in [2.45, 2.75) is 26.3 Å². The van der Waals surface area contributed by atoms with Crippen LogP contribution in [0.4, 0.5) is 11.6 Å². The molecule has 0 saturated carbocycles. The summed E-state index contributed by atoms with van der Waals surface area (Å²) in [6.07, 6.45) is 0.832. The number of imidazole rings is 1. The van der Waals surface area contributed by atoms with Gasteiger partial charge in [-0.2, -0.15) is 0 Å². The number of aryl methyl sites for hydroxylation is 1. The maximum absolute atomic E-state index is 11.0. The van der Waals surface area contributed by atoms with Crippen molar-refractivity contribution in [1.29, 1.82) is 0 Å². The van der Waals surface area contributed by atoms with Gasteiger partial charge in [0.2, 0.25) is 11.6 Å². The topological polar surface area (TPSA) is 73.0 Å². The molecule has 1 unspecified atom stereocenters. The van der Waals surface area contributed by atoms with Crippen LogP contribution in [0.5, 0.6) is 0 Å². The standard InChI is InChI=1S/C12H16N4O2S/c1-8(7-10-5-4-6-19-10)13-11-12(16(17)18)14-9(2)15(11)3/h4-6,8,13H,7H2,1-3H3. The molecule has 1 atom stereocenters. The van der Waals surface area contributed by atoms with Gasteiger partial charge >= 0.3 is 5.82 Å². The number of rotatable bonds is 5. The molecule has 0 radical (unpaired) electrons. The molecule has 19 heavy (non-hydrogen) atoms. The van der Waals surface area contributed by atoms with Crippen molar-refractivity contribution in [1.82, 2.24) is 9.55 Å². The molecule has 0 aliphatic rings. The highest BCUT2D eigenvalue weighted by Crippen LogP contribution is 2.25. The lowest BCUT2D eigenvalue weighted by atomic mass is 10.2. The summed E-state index contributed by atoms with van der Waals surface area (Å²) in [6.45, 7) is 3.76. The van der Waals surface area contributed by atoms with Gasteiger partial charge in [0.05, 0.1) is 0 Å². The third kappa shape index (κ3) is 2.93. The largest absolute Gasteiger partial charge is 0.406 e. The first-order chi connectivity index (χ1) is 8.99. The molecule has 0 bridgehead atoms. The molecule has 6 nitrogen and oxygen atoms in total. The highest BCUT2D eigenvalue weighted by Gasteiger charge is 2.24. The lowest BCUT2D eigenvalue weighted by Crippen LogP contribution is -2.20. The average molecular weight is 280 g/mol. The Balaban J connectivity index is 2.16. The Kier molecular flexibility index (Phi) is 3.84. The summed E-state index contributed by atoms with van der Waals surface area (Å²) in [6, 6.07) is 4.17. The molecule has 0 amide bonds. The van der Waals surface area contributed by atoms with Gasteiger partial charge in [-0.15, -0.1) is 11.3 Å². The van der Waals surface area contributed by atoms with Crippen LogP contribution in [0, 0.1) is 17.0 Å². The van der Waals surface area contributed by atoms with Crippen LogP contribution < -0.4 is 5.32 Å². The minimum Gasteiger partial charge on any atom is -0.361 e. The van der Waals surface area contributed by atoms with Gasteiger partial charge in [0, 0.05) is 31.3 Å². The van der Waals surface area contributed by atoms with E-state index in [9.17, 15) is 10.1 Å². The van der Waals surface area contributed by atoms with Crippen LogP contribution in [-0.4, -0.2) is 20.5 Å². The summed E-state index contributed by atoms with van der Waals surface area (Å²) in [4.78, 5) is 15.7. The number of hydrogen-bond acceptors (Lipinski definition) is 5.